The van der Waals surface area contributed by atoms with Crippen LogP contribution < -0.4 is 5.32 Å². The maximum Gasteiger partial charge on any atom is 0.0192 e. The highest BCUT2D eigenvalue weighted by atomic mass is 15.2. The van der Waals surface area contributed by atoms with E-state index in [2.05, 4.69) is 37.9 Å². The first kappa shape index (κ1) is 13.9. The lowest BCUT2D eigenvalue weighted by molar-refractivity contribution is 0.226. The van der Waals surface area contributed by atoms with Gasteiger partial charge in [-0.25, -0.2) is 0 Å². The van der Waals surface area contributed by atoms with E-state index in [-0.39, 0.29) is 0 Å². The first-order valence-electron chi connectivity index (χ1n) is 6.20. The van der Waals surface area contributed by atoms with Crippen LogP contribution in [0.25, 0.3) is 0 Å². The Morgan fingerprint density at radius 2 is 1.71 bits per heavy atom. The molecule has 14 heavy (non-hydrogen) atoms. The van der Waals surface area contributed by atoms with E-state index in [4.69, 9.17) is 0 Å². The third-order valence-electron chi connectivity index (χ3n) is 2.83. The quantitative estimate of drug-likeness (QED) is 0.575. The number of rotatable bonds is 9. The molecule has 2 heteroatoms. The van der Waals surface area contributed by atoms with E-state index in [1.54, 1.807) is 0 Å². The summed E-state index contributed by atoms with van der Waals surface area (Å²) in [4.78, 5) is 2.49. The average molecular weight is 200 g/mol. The second-order valence-electron chi connectivity index (χ2n) is 3.98. The monoisotopic (exact) mass is 200 g/mol. The molecule has 0 aliphatic carbocycles. The van der Waals surface area contributed by atoms with Crippen molar-refractivity contribution in [1.29, 1.82) is 0 Å². The van der Waals surface area contributed by atoms with Crippen molar-refractivity contribution in [2.45, 2.75) is 53.0 Å². The lowest BCUT2D eigenvalue weighted by Crippen LogP contribution is -2.40. The summed E-state index contributed by atoms with van der Waals surface area (Å²) < 4.78 is 0. The zero-order valence-electron chi connectivity index (χ0n) is 10.5. The van der Waals surface area contributed by atoms with Crippen molar-refractivity contribution in [2.75, 3.05) is 26.2 Å². The molecule has 86 valence electrons. The smallest absolute Gasteiger partial charge is 0.0192 e. The van der Waals surface area contributed by atoms with Gasteiger partial charge >= 0.3 is 0 Å². The van der Waals surface area contributed by atoms with Crippen molar-refractivity contribution >= 4 is 0 Å². The molecular formula is C12H28N2. The predicted molar refractivity (Wildman–Crippen MR) is 64.8 cm³/mol. The van der Waals surface area contributed by atoms with Gasteiger partial charge in [0.25, 0.3) is 0 Å². The molecule has 1 N–H and O–H groups in total. The highest BCUT2D eigenvalue weighted by Gasteiger charge is 2.08. The van der Waals surface area contributed by atoms with E-state index < -0.39 is 0 Å². The Morgan fingerprint density at radius 3 is 2.21 bits per heavy atom. The first-order chi connectivity index (χ1) is 6.76. The summed E-state index contributed by atoms with van der Waals surface area (Å²) in [6, 6.07) is 0.673. The number of nitrogens with one attached hydrogen (secondary N) is 1. The molecule has 2 nitrogen and oxygen atoms in total. The molecule has 0 saturated carbocycles. The van der Waals surface area contributed by atoms with Crippen LogP contribution in [0.5, 0.6) is 0 Å². The van der Waals surface area contributed by atoms with Gasteiger partial charge < -0.3 is 5.32 Å². The Balaban J connectivity index is 3.37. The number of hydrogen-bond acceptors (Lipinski definition) is 2. The molecule has 1 unspecified atom stereocenters. The standard InChI is InChI=1S/C12H28N2/c1-5-8-9-10-13-11-12(4)14(6-2)7-3/h12-13H,5-11H2,1-4H3. The lowest BCUT2D eigenvalue weighted by atomic mass is 10.2. The van der Waals surface area contributed by atoms with Gasteiger partial charge in [0, 0.05) is 12.6 Å². The fraction of sp³-hybridized carbons (Fsp3) is 1.00. The largest absolute Gasteiger partial charge is 0.315 e. The fourth-order valence-electron chi connectivity index (χ4n) is 1.79. The number of nitrogens with zero attached hydrogens (tertiary/aromatic N) is 1. The van der Waals surface area contributed by atoms with Crippen LogP contribution in [0.15, 0.2) is 0 Å². The van der Waals surface area contributed by atoms with Crippen molar-refractivity contribution in [3.8, 4) is 0 Å². The van der Waals surface area contributed by atoms with E-state index in [0.717, 1.165) is 19.6 Å². The topological polar surface area (TPSA) is 15.3 Å². The lowest BCUT2D eigenvalue weighted by Gasteiger charge is -2.26. The summed E-state index contributed by atoms with van der Waals surface area (Å²) in [7, 11) is 0. The summed E-state index contributed by atoms with van der Waals surface area (Å²) in [6.07, 6.45) is 3.99. The van der Waals surface area contributed by atoms with Crippen LogP contribution >= 0.6 is 0 Å². The molecular weight excluding hydrogens is 172 g/mol. The minimum Gasteiger partial charge on any atom is -0.315 e. The molecule has 0 amide bonds. The summed E-state index contributed by atoms with van der Waals surface area (Å²) in [5, 5.41) is 3.53. The van der Waals surface area contributed by atoms with Gasteiger partial charge in [0.15, 0.2) is 0 Å². The summed E-state index contributed by atoms with van der Waals surface area (Å²) in [6.45, 7) is 13.7. The minimum absolute atomic E-state index is 0.673. The van der Waals surface area contributed by atoms with Crippen LogP contribution in [0.2, 0.25) is 0 Å². The van der Waals surface area contributed by atoms with Gasteiger partial charge in [-0.3, -0.25) is 4.90 Å². The third-order valence-corrected chi connectivity index (χ3v) is 2.83. The molecule has 0 bridgehead atoms. The predicted octanol–water partition coefficient (Wildman–Crippen LogP) is 2.50. The Hall–Kier alpha value is -0.0800. The highest BCUT2D eigenvalue weighted by Crippen LogP contribution is 1.97. The molecule has 0 aromatic carbocycles. The third kappa shape index (κ3) is 6.39. The van der Waals surface area contributed by atoms with E-state index >= 15 is 0 Å². The van der Waals surface area contributed by atoms with Gasteiger partial charge in [-0.2, -0.15) is 0 Å². The van der Waals surface area contributed by atoms with Crippen molar-refractivity contribution in [1.82, 2.24) is 10.2 Å². The second-order valence-corrected chi connectivity index (χ2v) is 3.98. The molecule has 0 fully saturated rings. The van der Waals surface area contributed by atoms with Crippen LogP contribution in [-0.4, -0.2) is 37.1 Å². The molecule has 0 aliphatic rings. The average Bonchev–Trinajstić information content (AvgIpc) is 2.19. The molecule has 0 aromatic rings. The first-order valence-corrected chi connectivity index (χ1v) is 6.20. The second kappa shape index (κ2) is 9.47. The van der Waals surface area contributed by atoms with E-state index in [1.807, 2.05) is 0 Å². The maximum atomic E-state index is 3.53. The SMILES string of the molecule is CCCCCNCC(C)N(CC)CC. The molecule has 0 aliphatic heterocycles. The zero-order chi connectivity index (χ0) is 10.8. The van der Waals surface area contributed by atoms with Crippen molar-refractivity contribution in [2.24, 2.45) is 0 Å². The fourth-order valence-corrected chi connectivity index (χ4v) is 1.79. The molecule has 1 atom stereocenters. The van der Waals surface area contributed by atoms with Crippen LogP contribution in [0, 0.1) is 0 Å². The Morgan fingerprint density at radius 1 is 1.07 bits per heavy atom. The molecule has 0 aromatic heterocycles. The van der Waals surface area contributed by atoms with Gasteiger partial charge in [0.2, 0.25) is 0 Å². The minimum atomic E-state index is 0.673. The summed E-state index contributed by atoms with van der Waals surface area (Å²) in [5.74, 6) is 0. The number of unbranched alkanes of at least 4 members (excludes halogenated alkanes) is 2. The number of hydrogen-bond donors (Lipinski definition) is 1. The molecule has 0 radical (unpaired) electrons. The van der Waals surface area contributed by atoms with Crippen molar-refractivity contribution < 1.29 is 0 Å². The van der Waals surface area contributed by atoms with Gasteiger partial charge in [-0.1, -0.05) is 33.6 Å². The molecule has 0 saturated heterocycles. The van der Waals surface area contributed by atoms with Crippen LogP contribution in [0.3, 0.4) is 0 Å². The van der Waals surface area contributed by atoms with E-state index in [0.29, 0.717) is 6.04 Å². The van der Waals surface area contributed by atoms with Gasteiger partial charge in [-0.15, -0.1) is 0 Å². The van der Waals surface area contributed by atoms with Crippen LogP contribution in [0.1, 0.15) is 47.0 Å². The van der Waals surface area contributed by atoms with Gasteiger partial charge in [-0.05, 0) is 33.0 Å². The Kier molecular flexibility index (Phi) is 9.42. The zero-order valence-corrected chi connectivity index (χ0v) is 10.5. The maximum absolute atomic E-state index is 3.53. The Bertz CT molecular complexity index is 111. The summed E-state index contributed by atoms with van der Waals surface area (Å²) in [5.41, 5.74) is 0. The van der Waals surface area contributed by atoms with Gasteiger partial charge in [0.05, 0.1) is 0 Å². The van der Waals surface area contributed by atoms with Crippen molar-refractivity contribution in [3.05, 3.63) is 0 Å². The molecule has 0 heterocycles. The van der Waals surface area contributed by atoms with Gasteiger partial charge in [0.1, 0.15) is 0 Å². The normalized spacial score (nSPS) is 13.5. The number of likely N-dealkylation sites (N-methyl/N-ethyl adjacent to an activating group) is 1. The van der Waals surface area contributed by atoms with Crippen LogP contribution in [0.4, 0.5) is 0 Å². The molecule has 0 spiro atoms. The van der Waals surface area contributed by atoms with E-state index in [1.165, 1.54) is 25.8 Å². The summed E-state index contributed by atoms with van der Waals surface area (Å²) >= 11 is 0. The van der Waals surface area contributed by atoms with E-state index in [9.17, 15) is 0 Å². The van der Waals surface area contributed by atoms with Crippen molar-refractivity contribution in [3.63, 3.8) is 0 Å². The Labute approximate surface area is 90.1 Å². The molecule has 0 rings (SSSR count). The van der Waals surface area contributed by atoms with Crippen LogP contribution in [-0.2, 0) is 0 Å². The highest BCUT2D eigenvalue weighted by molar-refractivity contribution is 4.66.